The monoisotopic (exact) mass is 375 g/mol. The lowest BCUT2D eigenvalue weighted by molar-refractivity contribution is -0.113. The number of aromatic nitrogens is 2. The van der Waals surface area contributed by atoms with Crippen molar-refractivity contribution < 1.29 is 14.3 Å². The van der Waals surface area contributed by atoms with Crippen LogP contribution in [-0.4, -0.2) is 34.7 Å². The molecule has 0 atom stereocenters. The zero-order valence-electron chi connectivity index (χ0n) is 14.0. The van der Waals surface area contributed by atoms with Crippen LogP contribution in [0.3, 0.4) is 0 Å². The van der Waals surface area contributed by atoms with Crippen molar-refractivity contribution in [1.29, 1.82) is 0 Å². The maximum Gasteiger partial charge on any atom is 0.341 e. The number of aromatic amines is 1. The van der Waals surface area contributed by atoms with Gasteiger partial charge in [0, 0.05) is 4.88 Å². The highest BCUT2D eigenvalue weighted by Gasteiger charge is 2.21. The number of hydrogen-bond donors (Lipinski definition) is 2. The number of para-hydroxylation sites is 2. The topological polar surface area (TPSA) is 84.1 Å². The normalized spacial score (nSPS) is 10.8. The van der Waals surface area contributed by atoms with Gasteiger partial charge in [-0.1, -0.05) is 23.9 Å². The quantitative estimate of drug-likeness (QED) is 0.524. The third-order valence-corrected chi connectivity index (χ3v) is 5.73. The van der Waals surface area contributed by atoms with Crippen LogP contribution in [-0.2, 0) is 9.53 Å². The zero-order chi connectivity index (χ0) is 18.0. The number of amides is 1. The summed E-state index contributed by atoms with van der Waals surface area (Å²) >= 11 is 2.69. The number of H-pyrrole nitrogens is 1. The molecular weight excluding hydrogens is 358 g/mol. The van der Waals surface area contributed by atoms with Crippen molar-refractivity contribution in [2.24, 2.45) is 0 Å². The number of esters is 1. The summed E-state index contributed by atoms with van der Waals surface area (Å²) in [5, 5.41) is 4.02. The van der Waals surface area contributed by atoms with E-state index in [9.17, 15) is 9.59 Å². The van der Waals surface area contributed by atoms with Crippen molar-refractivity contribution in [2.75, 3.05) is 18.2 Å². The lowest BCUT2D eigenvalue weighted by Gasteiger charge is -2.05. The number of fused-ring (bicyclic) bond motifs is 1. The smallest absolute Gasteiger partial charge is 0.341 e. The Kier molecular flexibility index (Phi) is 5.10. The van der Waals surface area contributed by atoms with Crippen LogP contribution in [0.25, 0.3) is 11.0 Å². The van der Waals surface area contributed by atoms with Crippen molar-refractivity contribution in [3.8, 4) is 0 Å². The standard InChI is InChI=1S/C17H17N3O3S2/c1-9-10(2)25-15(14(9)16(22)23-3)20-13(21)8-24-17-18-11-6-4-5-7-12(11)19-17/h4-7H,8H2,1-3H3,(H,18,19)(H,20,21). The number of carbonyl (C=O) groups excluding carboxylic acids is 2. The van der Waals surface area contributed by atoms with Crippen LogP contribution in [0.5, 0.6) is 0 Å². The summed E-state index contributed by atoms with van der Waals surface area (Å²) in [5.74, 6) is -0.449. The molecule has 130 valence electrons. The number of hydrogen-bond acceptors (Lipinski definition) is 6. The maximum atomic E-state index is 12.3. The van der Waals surface area contributed by atoms with E-state index in [1.807, 2.05) is 38.1 Å². The van der Waals surface area contributed by atoms with Gasteiger partial charge in [-0.3, -0.25) is 4.79 Å². The molecule has 2 N–H and O–H groups in total. The second-order valence-electron chi connectivity index (χ2n) is 5.37. The van der Waals surface area contributed by atoms with E-state index in [4.69, 9.17) is 4.74 Å². The number of methoxy groups -OCH3 is 1. The van der Waals surface area contributed by atoms with Crippen LogP contribution in [0, 0.1) is 13.8 Å². The van der Waals surface area contributed by atoms with Gasteiger partial charge in [0.1, 0.15) is 5.00 Å². The summed E-state index contributed by atoms with van der Waals surface area (Å²) in [6, 6.07) is 7.69. The lowest BCUT2D eigenvalue weighted by Crippen LogP contribution is -2.16. The molecule has 1 amide bonds. The van der Waals surface area contributed by atoms with Crippen LogP contribution in [0.2, 0.25) is 0 Å². The first-order valence-electron chi connectivity index (χ1n) is 7.55. The van der Waals surface area contributed by atoms with Crippen LogP contribution in [0.4, 0.5) is 5.00 Å². The molecule has 6 nitrogen and oxygen atoms in total. The number of anilines is 1. The summed E-state index contributed by atoms with van der Waals surface area (Å²) < 4.78 is 4.81. The fourth-order valence-electron chi connectivity index (χ4n) is 2.36. The van der Waals surface area contributed by atoms with Gasteiger partial charge < -0.3 is 15.0 Å². The van der Waals surface area contributed by atoms with Crippen molar-refractivity contribution in [1.82, 2.24) is 9.97 Å². The van der Waals surface area contributed by atoms with Gasteiger partial charge in [-0.25, -0.2) is 9.78 Å². The summed E-state index contributed by atoms with van der Waals surface area (Å²) in [6.45, 7) is 3.75. The molecule has 3 rings (SSSR count). The summed E-state index contributed by atoms with van der Waals surface area (Å²) in [7, 11) is 1.33. The first kappa shape index (κ1) is 17.5. The molecule has 0 aliphatic heterocycles. The molecule has 0 aliphatic carbocycles. The fraction of sp³-hybridized carbons (Fsp3) is 0.235. The van der Waals surface area contributed by atoms with E-state index in [2.05, 4.69) is 15.3 Å². The predicted molar refractivity (Wildman–Crippen MR) is 101 cm³/mol. The number of thiophene rings is 1. The first-order valence-corrected chi connectivity index (χ1v) is 9.35. The van der Waals surface area contributed by atoms with E-state index in [0.29, 0.717) is 15.7 Å². The Bertz CT molecular complexity index is 913. The minimum absolute atomic E-state index is 0.191. The van der Waals surface area contributed by atoms with Crippen LogP contribution < -0.4 is 5.32 Å². The number of nitrogens with one attached hydrogen (secondary N) is 2. The number of thioether (sulfide) groups is 1. The van der Waals surface area contributed by atoms with E-state index in [1.54, 1.807) is 0 Å². The Morgan fingerprint density at radius 3 is 2.80 bits per heavy atom. The SMILES string of the molecule is COC(=O)c1c(NC(=O)CSc2nc3ccccc3[nH]2)sc(C)c1C. The molecule has 8 heteroatoms. The van der Waals surface area contributed by atoms with Gasteiger partial charge in [0.25, 0.3) is 0 Å². The van der Waals surface area contributed by atoms with Gasteiger partial charge in [-0.15, -0.1) is 11.3 Å². The highest BCUT2D eigenvalue weighted by molar-refractivity contribution is 7.99. The molecule has 0 aliphatic rings. The number of aryl methyl sites for hydroxylation is 1. The molecule has 0 bridgehead atoms. The third kappa shape index (κ3) is 3.69. The molecule has 0 radical (unpaired) electrons. The average molecular weight is 375 g/mol. The molecule has 0 fully saturated rings. The Labute approximate surface area is 153 Å². The molecule has 0 saturated heterocycles. The van der Waals surface area contributed by atoms with Crippen molar-refractivity contribution in [2.45, 2.75) is 19.0 Å². The minimum Gasteiger partial charge on any atom is -0.465 e. The second-order valence-corrected chi connectivity index (χ2v) is 7.56. The Morgan fingerprint density at radius 2 is 2.08 bits per heavy atom. The Balaban J connectivity index is 1.68. The number of nitrogens with zero attached hydrogens (tertiary/aromatic N) is 1. The van der Waals surface area contributed by atoms with Gasteiger partial charge in [0.05, 0.1) is 29.5 Å². The molecule has 0 spiro atoms. The van der Waals surface area contributed by atoms with Gasteiger partial charge in [-0.05, 0) is 31.5 Å². The third-order valence-electron chi connectivity index (χ3n) is 3.74. The fourth-order valence-corrected chi connectivity index (χ4v) is 4.11. The highest BCUT2D eigenvalue weighted by Crippen LogP contribution is 2.33. The zero-order valence-corrected chi connectivity index (χ0v) is 15.6. The summed E-state index contributed by atoms with van der Waals surface area (Å²) in [4.78, 5) is 32.8. The second kappa shape index (κ2) is 7.28. The van der Waals surface area contributed by atoms with Gasteiger partial charge in [-0.2, -0.15) is 0 Å². The van der Waals surface area contributed by atoms with Gasteiger partial charge in [0.2, 0.25) is 5.91 Å². The lowest BCUT2D eigenvalue weighted by atomic mass is 10.1. The molecule has 0 saturated carbocycles. The van der Waals surface area contributed by atoms with Crippen molar-refractivity contribution >= 4 is 51.0 Å². The largest absolute Gasteiger partial charge is 0.465 e. The van der Waals surface area contributed by atoms with Crippen molar-refractivity contribution in [3.63, 3.8) is 0 Å². The van der Waals surface area contributed by atoms with E-state index < -0.39 is 5.97 Å². The van der Waals surface area contributed by atoms with Crippen molar-refractivity contribution in [3.05, 3.63) is 40.3 Å². The van der Waals surface area contributed by atoms with E-state index >= 15 is 0 Å². The molecule has 25 heavy (non-hydrogen) atoms. The van der Waals surface area contributed by atoms with Crippen LogP contribution >= 0.6 is 23.1 Å². The van der Waals surface area contributed by atoms with Crippen LogP contribution in [0.15, 0.2) is 29.4 Å². The van der Waals surface area contributed by atoms with Gasteiger partial charge >= 0.3 is 5.97 Å². The minimum atomic E-state index is -0.443. The number of carbonyl (C=O) groups is 2. The summed E-state index contributed by atoms with van der Waals surface area (Å²) in [5.41, 5.74) is 3.05. The number of rotatable bonds is 5. The molecule has 3 aromatic rings. The Morgan fingerprint density at radius 1 is 1.32 bits per heavy atom. The summed E-state index contributed by atoms with van der Waals surface area (Å²) in [6.07, 6.45) is 0. The number of ether oxygens (including phenoxy) is 1. The Hall–Kier alpha value is -2.32. The number of imidazole rings is 1. The molecular formula is C17H17N3O3S2. The maximum absolute atomic E-state index is 12.3. The van der Waals surface area contributed by atoms with E-state index in [-0.39, 0.29) is 11.7 Å². The van der Waals surface area contributed by atoms with E-state index in [1.165, 1.54) is 30.2 Å². The molecule has 2 aromatic heterocycles. The number of benzene rings is 1. The predicted octanol–water partition coefficient (Wildman–Crippen LogP) is 3.76. The molecule has 1 aromatic carbocycles. The average Bonchev–Trinajstić information content (AvgIpc) is 3.13. The first-order chi connectivity index (χ1) is 12.0. The molecule has 2 heterocycles. The van der Waals surface area contributed by atoms with E-state index in [0.717, 1.165) is 21.5 Å². The van der Waals surface area contributed by atoms with Crippen LogP contribution in [0.1, 0.15) is 20.8 Å². The van der Waals surface area contributed by atoms with Gasteiger partial charge in [0.15, 0.2) is 5.16 Å². The highest BCUT2D eigenvalue weighted by atomic mass is 32.2. The molecule has 0 unspecified atom stereocenters.